The number of hydrogen-bond acceptors (Lipinski definition) is 5. The Kier molecular flexibility index (Phi) is 8.51. The van der Waals surface area contributed by atoms with Gasteiger partial charge in [-0.15, -0.1) is 0 Å². The van der Waals surface area contributed by atoms with Crippen molar-refractivity contribution in [2.24, 2.45) is 0 Å². The van der Waals surface area contributed by atoms with Crippen molar-refractivity contribution in [3.05, 3.63) is 88.2 Å². The van der Waals surface area contributed by atoms with Crippen molar-refractivity contribution < 1.29 is 26.5 Å². The Balaban J connectivity index is 1.69. The Labute approximate surface area is 235 Å². The number of carbonyl (C=O) groups excluding carboxylic acids is 1. The van der Waals surface area contributed by atoms with Gasteiger partial charge in [-0.3, -0.25) is 9.35 Å². The highest BCUT2D eigenvalue weighted by Gasteiger charge is 2.30. The Morgan fingerprint density at radius 3 is 2.51 bits per heavy atom. The number of halogens is 4. The molecule has 0 atom stereocenters. The van der Waals surface area contributed by atoms with Crippen LogP contribution in [0, 0.1) is 5.82 Å². The second-order valence-electron chi connectivity index (χ2n) is 9.04. The number of hydrogen-bond donors (Lipinski definition) is 2. The number of carbonyl (C=O) groups is 1. The number of nitrogens with zero attached hydrogens (tertiary/aromatic N) is 2. The molecular formula is C27H25Cl2F2N3O4S. The molecule has 0 radical (unpaired) electrons. The predicted molar refractivity (Wildman–Crippen MR) is 152 cm³/mol. The Hall–Kier alpha value is -3.18. The van der Waals surface area contributed by atoms with E-state index in [1.54, 1.807) is 42.3 Å². The standard InChI is InChI=1S/C27H25Cl2F2N3O4S/c1-16(26-22(29)4-3-5-23(26)31)33(2)24-9-7-17(13-25(24)34-14-19(30)15-34)20-12-18(6-8-21(20)28)27(35)32-10-11-39(36,37)38/h3-9,12-13,19H,1,10-11,14-15H2,2H3,(H,32,35)(H,36,37,38). The van der Waals surface area contributed by atoms with E-state index in [0.29, 0.717) is 33.2 Å². The topological polar surface area (TPSA) is 90.0 Å². The largest absolute Gasteiger partial charge is 0.364 e. The predicted octanol–water partition coefficient (Wildman–Crippen LogP) is 5.68. The van der Waals surface area contributed by atoms with Crippen molar-refractivity contribution in [3.8, 4) is 11.1 Å². The molecule has 0 saturated carbocycles. The van der Waals surface area contributed by atoms with Crippen molar-refractivity contribution in [1.82, 2.24) is 5.32 Å². The normalized spacial score (nSPS) is 13.6. The molecule has 0 unspecified atom stereocenters. The Morgan fingerprint density at radius 1 is 1.15 bits per heavy atom. The van der Waals surface area contributed by atoms with Crippen molar-refractivity contribution in [2.45, 2.75) is 6.17 Å². The van der Waals surface area contributed by atoms with E-state index in [9.17, 15) is 22.0 Å². The Bertz CT molecular complexity index is 1530. The second kappa shape index (κ2) is 11.5. The minimum atomic E-state index is -4.22. The van der Waals surface area contributed by atoms with Crippen LogP contribution >= 0.6 is 23.2 Å². The van der Waals surface area contributed by atoms with Crippen LogP contribution in [-0.4, -0.2) is 57.5 Å². The number of nitrogens with one attached hydrogen (secondary N) is 1. The zero-order chi connectivity index (χ0) is 28.5. The lowest BCUT2D eigenvalue weighted by molar-refractivity contribution is 0.0956. The summed E-state index contributed by atoms with van der Waals surface area (Å²) in [5.74, 6) is -1.69. The number of rotatable bonds is 9. The first-order valence-corrected chi connectivity index (χ1v) is 14.2. The van der Waals surface area contributed by atoms with Crippen molar-refractivity contribution >= 4 is 56.3 Å². The molecule has 3 aromatic carbocycles. The zero-order valence-corrected chi connectivity index (χ0v) is 23.1. The summed E-state index contributed by atoms with van der Waals surface area (Å²) in [6.45, 7) is 4.11. The van der Waals surface area contributed by atoms with Crippen LogP contribution in [-0.2, 0) is 10.1 Å². The van der Waals surface area contributed by atoms with Gasteiger partial charge in [0.05, 0.1) is 40.8 Å². The average molecular weight is 596 g/mol. The van der Waals surface area contributed by atoms with Gasteiger partial charge in [-0.25, -0.2) is 8.78 Å². The lowest BCUT2D eigenvalue weighted by Crippen LogP contribution is -2.48. The van der Waals surface area contributed by atoms with Crippen LogP contribution < -0.4 is 15.1 Å². The van der Waals surface area contributed by atoms with Crippen molar-refractivity contribution in [2.75, 3.05) is 42.2 Å². The number of benzene rings is 3. The van der Waals surface area contributed by atoms with E-state index in [1.807, 2.05) is 4.90 Å². The van der Waals surface area contributed by atoms with E-state index in [0.717, 1.165) is 0 Å². The summed E-state index contributed by atoms with van der Waals surface area (Å²) >= 11 is 12.7. The number of amides is 1. The molecule has 1 saturated heterocycles. The fourth-order valence-corrected chi connectivity index (χ4v) is 5.08. The van der Waals surface area contributed by atoms with Gasteiger partial charge in [-0.05, 0) is 48.0 Å². The van der Waals surface area contributed by atoms with E-state index in [4.69, 9.17) is 27.8 Å². The second-order valence-corrected chi connectivity index (χ2v) is 11.4. The smallest absolute Gasteiger partial charge is 0.266 e. The van der Waals surface area contributed by atoms with Crippen LogP contribution in [0.25, 0.3) is 16.8 Å². The molecule has 1 aliphatic heterocycles. The molecule has 3 aromatic rings. The zero-order valence-electron chi connectivity index (χ0n) is 20.8. The molecule has 0 aromatic heterocycles. The van der Waals surface area contributed by atoms with Gasteiger partial charge in [-0.1, -0.05) is 41.9 Å². The Morgan fingerprint density at radius 2 is 1.87 bits per heavy atom. The van der Waals surface area contributed by atoms with Crippen LogP contribution in [0.1, 0.15) is 15.9 Å². The third kappa shape index (κ3) is 6.52. The van der Waals surface area contributed by atoms with Gasteiger partial charge in [0.15, 0.2) is 0 Å². The molecule has 1 amide bonds. The molecule has 206 valence electrons. The van der Waals surface area contributed by atoms with Crippen LogP contribution in [0.3, 0.4) is 0 Å². The molecule has 1 aliphatic rings. The number of alkyl halides is 1. The lowest BCUT2D eigenvalue weighted by atomic mass is 9.99. The maximum absolute atomic E-state index is 14.6. The maximum Gasteiger partial charge on any atom is 0.266 e. The molecule has 0 bridgehead atoms. The maximum atomic E-state index is 14.6. The third-order valence-corrected chi connectivity index (χ3v) is 7.72. The van der Waals surface area contributed by atoms with Gasteiger partial charge in [0.1, 0.15) is 12.0 Å². The van der Waals surface area contributed by atoms with Gasteiger partial charge in [0.25, 0.3) is 16.0 Å². The molecule has 1 fully saturated rings. The van der Waals surface area contributed by atoms with E-state index in [1.165, 1.54) is 24.3 Å². The molecule has 1 heterocycles. The summed E-state index contributed by atoms with van der Waals surface area (Å²) in [6, 6.07) is 14.3. The first-order valence-electron chi connectivity index (χ1n) is 11.8. The average Bonchev–Trinajstić information content (AvgIpc) is 2.85. The fraction of sp³-hybridized carbons (Fsp3) is 0.222. The molecule has 12 heteroatoms. The van der Waals surface area contributed by atoms with E-state index < -0.39 is 33.8 Å². The highest BCUT2D eigenvalue weighted by molar-refractivity contribution is 7.85. The quantitative estimate of drug-likeness (QED) is 0.309. The van der Waals surface area contributed by atoms with Gasteiger partial charge >= 0.3 is 0 Å². The SMILES string of the molecule is C=C(c1c(F)cccc1Cl)N(C)c1ccc(-c2cc(C(=O)NCCS(=O)(=O)O)ccc2Cl)cc1N1CC(F)C1. The monoisotopic (exact) mass is 595 g/mol. The molecule has 2 N–H and O–H groups in total. The van der Waals surface area contributed by atoms with E-state index >= 15 is 0 Å². The summed E-state index contributed by atoms with van der Waals surface area (Å²) in [5, 5.41) is 3.00. The van der Waals surface area contributed by atoms with Crippen LogP contribution in [0.5, 0.6) is 0 Å². The minimum absolute atomic E-state index is 0.152. The van der Waals surface area contributed by atoms with E-state index in [-0.39, 0.29) is 35.8 Å². The highest BCUT2D eigenvalue weighted by atomic mass is 35.5. The fourth-order valence-electron chi connectivity index (χ4n) is 4.22. The molecule has 0 aliphatic carbocycles. The molecule has 7 nitrogen and oxygen atoms in total. The molecule has 39 heavy (non-hydrogen) atoms. The van der Waals surface area contributed by atoms with Crippen LogP contribution in [0.2, 0.25) is 10.0 Å². The minimum Gasteiger partial charge on any atom is -0.364 e. The van der Waals surface area contributed by atoms with Crippen LogP contribution in [0.4, 0.5) is 20.2 Å². The summed E-state index contributed by atoms with van der Waals surface area (Å²) < 4.78 is 59.2. The molecule has 4 rings (SSSR count). The van der Waals surface area contributed by atoms with E-state index in [2.05, 4.69) is 11.9 Å². The first-order chi connectivity index (χ1) is 18.4. The van der Waals surface area contributed by atoms with Crippen molar-refractivity contribution in [1.29, 1.82) is 0 Å². The lowest BCUT2D eigenvalue weighted by Gasteiger charge is -2.39. The molecular weight excluding hydrogens is 571 g/mol. The van der Waals surface area contributed by atoms with Crippen LogP contribution in [0.15, 0.2) is 61.2 Å². The molecule has 0 spiro atoms. The number of anilines is 2. The van der Waals surface area contributed by atoms with Gasteiger partial charge in [0.2, 0.25) is 0 Å². The van der Waals surface area contributed by atoms with Gasteiger partial charge < -0.3 is 15.1 Å². The van der Waals surface area contributed by atoms with Gasteiger partial charge in [-0.2, -0.15) is 8.42 Å². The highest BCUT2D eigenvalue weighted by Crippen LogP contribution is 2.41. The third-order valence-electron chi connectivity index (χ3n) is 6.36. The summed E-state index contributed by atoms with van der Waals surface area (Å²) in [4.78, 5) is 16.1. The summed E-state index contributed by atoms with van der Waals surface area (Å²) in [7, 11) is -2.51. The summed E-state index contributed by atoms with van der Waals surface area (Å²) in [6.07, 6.45) is -0.991. The summed E-state index contributed by atoms with van der Waals surface area (Å²) in [5.41, 5.74) is 3.12. The van der Waals surface area contributed by atoms with Crippen molar-refractivity contribution in [3.63, 3.8) is 0 Å². The first kappa shape index (κ1) is 28.8. The van der Waals surface area contributed by atoms with Gasteiger partial charge in [0, 0.05) is 35.4 Å².